The van der Waals surface area contributed by atoms with E-state index in [1.807, 2.05) is 0 Å². The second kappa shape index (κ2) is 4.60. The molecule has 3 N–H and O–H groups in total. The van der Waals surface area contributed by atoms with Gasteiger partial charge in [-0.15, -0.1) is 0 Å². The van der Waals surface area contributed by atoms with Crippen LogP contribution in [0.25, 0.3) is 0 Å². The van der Waals surface area contributed by atoms with Gasteiger partial charge in [-0.3, -0.25) is 0 Å². The Morgan fingerprint density at radius 2 is 2.23 bits per heavy atom. The number of aliphatic hydroxyl groups is 1. The molecule has 1 unspecified atom stereocenters. The first-order chi connectivity index (χ1) is 6.15. The third-order valence-electron chi connectivity index (χ3n) is 1.74. The Morgan fingerprint density at radius 1 is 1.54 bits per heavy atom. The SMILES string of the molecule is CNCC(O)c1cc(O)ccc1Br. The highest BCUT2D eigenvalue weighted by Crippen LogP contribution is 2.26. The summed E-state index contributed by atoms with van der Waals surface area (Å²) in [7, 11) is 1.76. The minimum absolute atomic E-state index is 0.161. The van der Waals surface area contributed by atoms with Crippen LogP contribution in [0, 0.1) is 0 Å². The van der Waals surface area contributed by atoms with Gasteiger partial charge in [-0.05, 0) is 30.8 Å². The van der Waals surface area contributed by atoms with Crippen LogP contribution in [0.4, 0.5) is 0 Å². The van der Waals surface area contributed by atoms with E-state index in [4.69, 9.17) is 0 Å². The molecule has 0 heterocycles. The van der Waals surface area contributed by atoms with Crippen LogP contribution in [-0.4, -0.2) is 23.8 Å². The number of aliphatic hydroxyl groups excluding tert-OH is 1. The van der Waals surface area contributed by atoms with Crippen molar-refractivity contribution in [2.75, 3.05) is 13.6 Å². The molecule has 1 aromatic rings. The maximum Gasteiger partial charge on any atom is 0.116 e. The van der Waals surface area contributed by atoms with E-state index in [1.165, 1.54) is 0 Å². The highest BCUT2D eigenvalue weighted by Gasteiger charge is 2.10. The third kappa shape index (κ3) is 2.69. The molecule has 4 heteroatoms. The van der Waals surface area contributed by atoms with E-state index < -0.39 is 6.10 Å². The first-order valence-corrected chi connectivity index (χ1v) is 4.75. The molecule has 0 aromatic heterocycles. The third-order valence-corrected chi connectivity index (χ3v) is 2.46. The van der Waals surface area contributed by atoms with Gasteiger partial charge in [0.15, 0.2) is 0 Å². The van der Waals surface area contributed by atoms with Gasteiger partial charge in [-0.2, -0.15) is 0 Å². The Bertz CT molecular complexity index is 291. The molecule has 0 fully saturated rings. The lowest BCUT2D eigenvalue weighted by Gasteiger charge is -2.12. The van der Waals surface area contributed by atoms with Crippen molar-refractivity contribution in [3.63, 3.8) is 0 Å². The fourth-order valence-electron chi connectivity index (χ4n) is 1.09. The zero-order valence-electron chi connectivity index (χ0n) is 7.29. The summed E-state index contributed by atoms with van der Waals surface area (Å²) in [4.78, 5) is 0. The lowest BCUT2D eigenvalue weighted by molar-refractivity contribution is 0.176. The Labute approximate surface area is 85.5 Å². The topological polar surface area (TPSA) is 52.5 Å². The summed E-state index contributed by atoms with van der Waals surface area (Å²) in [5, 5.41) is 21.7. The van der Waals surface area contributed by atoms with Crippen LogP contribution in [0.5, 0.6) is 5.75 Å². The van der Waals surface area contributed by atoms with Gasteiger partial charge in [0.1, 0.15) is 5.75 Å². The van der Waals surface area contributed by atoms with Crippen molar-refractivity contribution in [3.05, 3.63) is 28.2 Å². The first kappa shape index (κ1) is 10.5. The predicted molar refractivity (Wildman–Crippen MR) is 54.7 cm³/mol. The monoisotopic (exact) mass is 245 g/mol. The van der Waals surface area contributed by atoms with Crippen molar-refractivity contribution >= 4 is 15.9 Å². The van der Waals surface area contributed by atoms with Crippen molar-refractivity contribution < 1.29 is 10.2 Å². The molecule has 1 atom stereocenters. The van der Waals surface area contributed by atoms with Crippen molar-refractivity contribution in [3.8, 4) is 5.75 Å². The molecule has 13 heavy (non-hydrogen) atoms. The van der Waals surface area contributed by atoms with E-state index in [0.29, 0.717) is 12.1 Å². The molecule has 1 aromatic carbocycles. The first-order valence-electron chi connectivity index (χ1n) is 3.96. The van der Waals surface area contributed by atoms with Gasteiger partial charge < -0.3 is 15.5 Å². The Hall–Kier alpha value is -0.580. The summed E-state index contributed by atoms with van der Waals surface area (Å²) in [6.45, 7) is 0.460. The van der Waals surface area contributed by atoms with Crippen LogP contribution < -0.4 is 5.32 Å². The number of hydrogen-bond acceptors (Lipinski definition) is 3. The average molecular weight is 246 g/mol. The molecule has 3 nitrogen and oxygen atoms in total. The summed E-state index contributed by atoms with van der Waals surface area (Å²) in [5.41, 5.74) is 0.689. The minimum Gasteiger partial charge on any atom is -0.508 e. The summed E-state index contributed by atoms with van der Waals surface area (Å²) in [6.07, 6.45) is -0.605. The summed E-state index contributed by atoms with van der Waals surface area (Å²) in [5.74, 6) is 0.161. The molecular weight excluding hydrogens is 234 g/mol. The maximum absolute atomic E-state index is 9.62. The lowest BCUT2D eigenvalue weighted by atomic mass is 10.1. The largest absolute Gasteiger partial charge is 0.508 e. The highest BCUT2D eigenvalue weighted by atomic mass is 79.9. The minimum atomic E-state index is -0.605. The molecule has 0 bridgehead atoms. The molecule has 1 rings (SSSR count). The molecule has 0 aliphatic rings. The highest BCUT2D eigenvalue weighted by molar-refractivity contribution is 9.10. The number of phenolic OH excluding ortho intramolecular Hbond substituents is 1. The number of benzene rings is 1. The number of hydrogen-bond donors (Lipinski definition) is 3. The summed E-state index contributed by atoms with van der Waals surface area (Å²) < 4.78 is 0.799. The van der Waals surface area contributed by atoms with Gasteiger partial charge in [0.25, 0.3) is 0 Å². The number of halogens is 1. The molecular formula is C9H12BrNO2. The van der Waals surface area contributed by atoms with E-state index in [2.05, 4.69) is 21.2 Å². The number of rotatable bonds is 3. The van der Waals surface area contributed by atoms with Gasteiger partial charge in [-0.1, -0.05) is 15.9 Å². The van der Waals surface area contributed by atoms with E-state index in [1.54, 1.807) is 25.2 Å². The normalized spacial score (nSPS) is 12.8. The van der Waals surface area contributed by atoms with Crippen molar-refractivity contribution in [2.24, 2.45) is 0 Å². The van der Waals surface area contributed by atoms with Gasteiger partial charge in [0.2, 0.25) is 0 Å². The Morgan fingerprint density at radius 3 is 2.85 bits per heavy atom. The number of phenols is 1. The lowest BCUT2D eigenvalue weighted by Crippen LogP contribution is -2.16. The average Bonchev–Trinajstić information content (AvgIpc) is 2.09. The Balaban J connectivity index is 2.91. The molecule has 0 saturated carbocycles. The van der Waals surface area contributed by atoms with E-state index >= 15 is 0 Å². The fourth-order valence-corrected chi connectivity index (χ4v) is 1.60. The van der Waals surface area contributed by atoms with E-state index in [9.17, 15) is 10.2 Å². The summed E-state index contributed by atoms with van der Waals surface area (Å²) >= 11 is 3.30. The van der Waals surface area contributed by atoms with Crippen molar-refractivity contribution in [1.29, 1.82) is 0 Å². The summed E-state index contributed by atoms with van der Waals surface area (Å²) in [6, 6.07) is 4.83. The molecule has 0 saturated heterocycles. The van der Waals surface area contributed by atoms with E-state index in [0.717, 1.165) is 4.47 Å². The molecule has 0 radical (unpaired) electrons. The molecule has 0 amide bonds. The van der Waals surface area contributed by atoms with Crippen LogP contribution in [0.3, 0.4) is 0 Å². The molecule has 0 spiro atoms. The van der Waals surface area contributed by atoms with Gasteiger partial charge in [0.05, 0.1) is 6.10 Å². The van der Waals surface area contributed by atoms with Gasteiger partial charge in [-0.25, -0.2) is 0 Å². The number of likely N-dealkylation sites (N-methyl/N-ethyl adjacent to an activating group) is 1. The van der Waals surface area contributed by atoms with Crippen molar-refractivity contribution in [1.82, 2.24) is 5.32 Å². The van der Waals surface area contributed by atoms with Gasteiger partial charge in [0, 0.05) is 11.0 Å². The standard InChI is InChI=1S/C9H12BrNO2/c1-11-5-9(13)7-4-6(12)2-3-8(7)10/h2-4,9,11-13H,5H2,1H3. The quantitative estimate of drug-likeness (QED) is 0.755. The van der Waals surface area contributed by atoms with Crippen LogP contribution in [0.1, 0.15) is 11.7 Å². The fraction of sp³-hybridized carbons (Fsp3) is 0.333. The van der Waals surface area contributed by atoms with Crippen LogP contribution in [0.2, 0.25) is 0 Å². The number of nitrogens with one attached hydrogen (secondary N) is 1. The molecule has 0 aliphatic heterocycles. The van der Waals surface area contributed by atoms with Crippen LogP contribution >= 0.6 is 15.9 Å². The molecule has 0 aliphatic carbocycles. The zero-order chi connectivity index (χ0) is 9.84. The van der Waals surface area contributed by atoms with Crippen LogP contribution in [-0.2, 0) is 0 Å². The predicted octanol–water partition coefficient (Wildman–Crippen LogP) is 1.41. The second-order valence-electron chi connectivity index (χ2n) is 2.78. The molecule has 72 valence electrons. The Kier molecular flexibility index (Phi) is 3.71. The van der Waals surface area contributed by atoms with Crippen LogP contribution in [0.15, 0.2) is 22.7 Å². The smallest absolute Gasteiger partial charge is 0.116 e. The van der Waals surface area contributed by atoms with Crippen molar-refractivity contribution in [2.45, 2.75) is 6.10 Å². The van der Waals surface area contributed by atoms with E-state index in [-0.39, 0.29) is 5.75 Å². The zero-order valence-corrected chi connectivity index (χ0v) is 8.87. The number of aromatic hydroxyl groups is 1. The maximum atomic E-state index is 9.62. The van der Waals surface area contributed by atoms with Gasteiger partial charge >= 0.3 is 0 Å². The second-order valence-corrected chi connectivity index (χ2v) is 3.63.